The molecule has 1 saturated heterocycles. The van der Waals surface area contributed by atoms with E-state index in [1.807, 2.05) is 18.9 Å². The van der Waals surface area contributed by atoms with Crippen molar-refractivity contribution in [2.45, 2.75) is 25.5 Å². The van der Waals surface area contributed by atoms with Crippen molar-refractivity contribution in [2.24, 2.45) is 4.99 Å². The molecule has 1 heterocycles. The van der Waals surface area contributed by atoms with Gasteiger partial charge in [-0.3, -0.25) is 4.99 Å². The number of hydrogen-bond donors (Lipinski definition) is 2. The van der Waals surface area contributed by atoms with Gasteiger partial charge < -0.3 is 15.3 Å². The molecule has 22 heavy (non-hydrogen) atoms. The van der Waals surface area contributed by atoms with Gasteiger partial charge in [0.15, 0.2) is 5.96 Å². The number of thioether (sulfide) groups is 1. The predicted octanol–water partition coefficient (Wildman–Crippen LogP) is 2.09. The molecule has 1 aromatic carbocycles. The Labute approximate surface area is 135 Å². The van der Waals surface area contributed by atoms with Gasteiger partial charge in [0, 0.05) is 25.9 Å². The maximum Gasteiger partial charge on any atom is 0.194 e. The van der Waals surface area contributed by atoms with Crippen LogP contribution < -0.4 is 5.32 Å². The Balaban J connectivity index is 2.00. The fourth-order valence-electron chi connectivity index (χ4n) is 2.35. The number of hydrogen-bond acceptors (Lipinski definition) is 3. The zero-order chi connectivity index (χ0) is 16.0. The minimum absolute atomic E-state index is 0.229. The van der Waals surface area contributed by atoms with Crippen molar-refractivity contribution in [1.82, 2.24) is 10.2 Å². The highest BCUT2D eigenvalue weighted by molar-refractivity contribution is 7.99. The molecular formula is C16H24FN3OS. The number of guanidine groups is 1. The van der Waals surface area contributed by atoms with E-state index in [-0.39, 0.29) is 5.82 Å². The molecule has 0 saturated carbocycles. The third-order valence-electron chi connectivity index (χ3n) is 3.64. The fraction of sp³-hybridized carbons (Fsp3) is 0.562. The molecule has 2 rings (SSSR count). The van der Waals surface area contributed by atoms with Crippen molar-refractivity contribution in [1.29, 1.82) is 0 Å². The first-order chi connectivity index (χ1) is 10.5. The molecule has 4 nitrogen and oxygen atoms in total. The molecule has 6 heteroatoms. The van der Waals surface area contributed by atoms with E-state index in [9.17, 15) is 9.50 Å². The number of halogens is 1. The third kappa shape index (κ3) is 4.88. The van der Waals surface area contributed by atoms with Crippen molar-refractivity contribution in [2.75, 3.05) is 31.6 Å². The lowest BCUT2D eigenvalue weighted by Gasteiger charge is -2.24. The molecule has 0 aromatic heterocycles. The number of aliphatic imine (C=N–C) groups is 1. The average Bonchev–Trinajstić information content (AvgIpc) is 2.93. The average molecular weight is 325 g/mol. The van der Waals surface area contributed by atoms with Gasteiger partial charge in [0.25, 0.3) is 0 Å². The minimum atomic E-state index is -0.679. The Bertz CT molecular complexity index is 501. The van der Waals surface area contributed by atoms with Crippen LogP contribution in [0.3, 0.4) is 0 Å². The molecule has 2 N–H and O–H groups in total. The van der Waals surface area contributed by atoms with Crippen molar-refractivity contribution in [3.8, 4) is 0 Å². The zero-order valence-corrected chi connectivity index (χ0v) is 14.0. The number of aliphatic hydroxyl groups is 1. The number of nitrogens with zero attached hydrogens (tertiary/aromatic N) is 2. The van der Waals surface area contributed by atoms with Crippen molar-refractivity contribution in [3.05, 3.63) is 35.6 Å². The van der Waals surface area contributed by atoms with Gasteiger partial charge in [0.05, 0.1) is 12.1 Å². The highest BCUT2D eigenvalue weighted by atomic mass is 32.2. The van der Waals surface area contributed by atoms with Gasteiger partial charge in [-0.25, -0.2) is 4.39 Å². The summed E-state index contributed by atoms with van der Waals surface area (Å²) in [5.74, 6) is 2.27. The summed E-state index contributed by atoms with van der Waals surface area (Å²) < 4.78 is 13.0. The van der Waals surface area contributed by atoms with Crippen LogP contribution in [0.1, 0.15) is 18.9 Å². The van der Waals surface area contributed by atoms with Crippen molar-refractivity contribution in [3.63, 3.8) is 0 Å². The van der Waals surface area contributed by atoms with E-state index in [1.54, 1.807) is 23.9 Å². The van der Waals surface area contributed by atoms with Crippen LogP contribution in [-0.4, -0.2) is 53.2 Å². The molecule has 0 aliphatic carbocycles. The van der Waals surface area contributed by atoms with E-state index in [1.165, 1.54) is 12.1 Å². The van der Waals surface area contributed by atoms with Gasteiger partial charge in [0.2, 0.25) is 0 Å². The number of nitrogens with one attached hydrogen (secondary N) is 1. The largest absolute Gasteiger partial charge is 0.387 e. The van der Waals surface area contributed by atoms with Crippen molar-refractivity contribution >= 4 is 17.7 Å². The van der Waals surface area contributed by atoms with Gasteiger partial charge in [-0.15, -0.1) is 0 Å². The molecule has 1 atom stereocenters. The zero-order valence-electron chi connectivity index (χ0n) is 13.2. The van der Waals surface area contributed by atoms with E-state index in [0.29, 0.717) is 13.1 Å². The van der Waals surface area contributed by atoms with Gasteiger partial charge in [-0.05, 0) is 36.8 Å². The smallest absolute Gasteiger partial charge is 0.194 e. The first-order valence-corrected chi connectivity index (χ1v) is 8.72. The summed E-state index contributed by atoms with van der Waals surface area (Å²) in [5.41, 5.74) is 0.340. The molecule has 122 valence electrons. The first-order valence-electron chi connectivity index (χ1n) is 7.56. The topological polar surface area (TPSA) is 47.9 Å². The second kappa shape index (κ2) is 7.83. The maximum atomic E-state index is 13.0. The van der Waals surface area contributed by atoms with Crippen LogP contribution in [0.15, 0.2) is 29.3 Å². The standard InChI is InChI=1S/C16H24FN3OS/c1-3-18-15(19-11-16(21)8-9-22-12-16)20(2)10-13-4-6-14(17)7-5-13/h4-7,21H,3,8-12H2,1-2H3,(H,18,19). The van der Waals surface area contributed by atoms with Crippen LogP contribution in [0.5, 0.6) is 0 Å². The molecule has 1 fully saturated rings. The lowest BCUT2D eigenvalue weighted by Crippen LogP contribution is -2.41. The summed E-state index contributed by atoms with van der Waals surface area (Å²) in [5, 5.41) is 13.6. The maximum absolute atomic E-state index is 13.0. The van der Waals surface area contributed by atoms with E-state index in [2.05, 4.69) is 10.3 Å². The summed E-state index contributed by atoms with van der Waals surface area (Å²) in [6.07, 6.45) is 0.794. The highest BCUT2D eigenvalue weighted by Gasteiger charge is 2.31. The molecular weight excluding hydrogens is 301 g/mol. The summed E-state index contributed by atoms with van der Waals surface area (Å²) in [6.45, 7) is 3.83. The Kier molecular flexibility index (Phi) is 6.08. The van der Waals surface area contributed by atoms with Gasteiger partial charge in [0.1, 0.15) is 5.82 Å². The molecule has 1 aliphatic rings. The number of rotatable bonds is 5. The van der Waals surface area contributed by atoms with Crippen LogP contribution >= 0.6 is 11.8 Å². The Morgan fingerprint density at radius 1 is 1.45 bits per heavy atom. The highest BCUT2D eigenvalue weighted by Crippen LogP contribution is 2.27. The molecule has 0 spiro atoms. The summed E-state index contributed by atoms with van der Waals surface area (Å²) in [7, 11) is 1.94. The summed E-state index contributed by atoms with van der Waals surface area (Å²) in [4.78, 5) is 6.56. The molecule has 0 radical (unpaired) electrons. The Morgan fingerprint density at radius 2 is 2.18 bits per heavy atom. The first kappa shape index (κ1) is 17.1. The summed E-state index contributed by atoms with van der Waals surface area (Å²) in [6, 6.07) is 6.48. The summed E-state index contributed by atoms with van der Waals surface area (Å²) >= 11 is 1.77. The second-order valence-corrected chi connectivity index (χ2v) is 6.78. The van der Waals surface area contributed by atoms with Gasteiger partial charge in [-0.2, -0.15) is 11.8 Å². The molecule has 0 bridgehead atoms. The van der Waals surface area contributed by atoms with Crippen LogP contribution in [0.4, 0.5) is 4.39 Å². The molecule has 1 aliphatic heterocycles. The quantitative estimate of drug-likeness (QED) is 0.643. The molecule has 0 amide bonds. The monoisotopic (exact) mass is 325 g/mol. The molecule has 1 unspecified atom stereocenters. The van der Waals surface area contributed by atoms with E-state index in [4.69, 9.17) is 0 Å². The number of benzene rings is 1. The lowest BCUT2D eigenvalue weighted by atomic mass is 10.0. The SMILES string of the molecule is CCNC(=NCC1(O)CCSC1)N(C)Cc1ccc(F)cc1. The third-order valence-corrected chi connectivity index (χ3v) is 4.87. The normalized spacial score (nSPS) is 21.9. The minimum Gasteiger partial charge on any atom is -0.387 e. The van der Waals surface area contributed by atoms with Gasteiger partial charge >= 0.3 is 0 Å². The van der Waals surface area contributed by atoms with Crippen LogP contribution in [0, 0.1) is 5.82 Å². The molecule has 1 aromatic rings. The van der Waals surface area contributed by atoms with E-state index in [0.717, 1.165) is 36.0 Å². The van der Waals surface area contributed by atoms with Gasteiger partial charge in [-0.1, -0.05) is 12.1 Å². The Morgan fingerprint density at radius 3 is 2.77 bits per heavy atom. The van der Waals surface area contributed by atoms with E-state index < -0.39 is 5.60 Å². The van der Waals surface area contributed by atoms with E-state index >= 15 is 0 Å². The van der Waals surface area contributed by atoms with Crippen LogP contribution in [0.2, 0.25) is 0 Å². The fourth-order valence-corrected chi connectivity index (χ4v) is 3.64. The second-order valence-electron chi connectivity index (χ2n) is 5.68. The predicted molar refractivity (Wildman–Crippen MR) is 90.7 cm³/mol. The lowest BCUT2D eigenvalue weighted by molar-refractivity contribution is 0.0776. The Hall–Kier alpha value is -1.27. The van der Waals surface area contributed by atoms with Crippen LogP contribution in [0.25, 0.3) is 0 Å². The van der Waals surface area contributed by atoms with Crippen molar-refractivity contribution < 1.29 is 9.50 Å². The van der Waals surface area contributed by atoms with Crippen LogP contribution in [-0.2, 0) is 6.54 Å².